The molecule has 5 aromatic heterocycles. The lowest BCUT2D eigenvalue weighted by molar-refractivity contribution is 1.26. The zero-order valence-electron chi connectivity index (χ0n) is 21.9. The predicted molar refractivity (Wildman–Crippen MR) is 163 cm³/mol. The fraction of sp³-hybridized carbons (Fsp3) is 0. The largest absolute Gasteiger partial charge is 0.257 e. The molecule has 192 valence electrons. The number of hydrogen-bond donors (Lipinski definition) is 0. The molecule has 5 rings (SSSR count). The third-order valence-electron chi connectivity index (χ3n) is 5.95. The van der Waals surface area contributed by atoms with E-state index in [1.807, 2.05) is 109 Å². The van der Waals surface area contributed by atoms with Gasteiger partial charge in [0, 0.05) is 47.7 Å². The molecule has 5 nitrogen and oxygen atoms in total. The summed E-state index contributed by atoms with van der Waals surface area (Å²) in [4.78, 5) is 22.8. The van der Waals surface area contributed by atoms with Gasteiger partial charge in [0.1, 0.15) is 0 Å². The second-order valence-electron chi connectivity index (χ2n) is 8.77. The molecule has 0 amide bonds. The summed E-state index contributed by atoms with van der Waals surface area (Å²) in [6.45, 7) is 4.29. The van der Waals surface area contributed by atoms with Gasteiger partial charge in [0.25, 0.3) is 0 Å². The van der Waals surface area contributed by atoms with E-state index in [1.54, 1.807) is 31.0 Å². The molecule has 0 aliphatic carbocycles. The van der Waals surface area contributed by atoms with Crippen molar-refractivity contribution in [3.63, 3.8) is 0 Å². The molecule has 0 N–H and O–H groups in total. The van der Waals surface area contributed by atoms with Gasteiger partial charge in [0.05, 0.1) is 28.5 Å². The first kappa shape index (κ1) is 26.1. The van der Waals surface area contributed by atoms with E-state index >= 15 is 0 Å². The molecule has 0 aliphatic rings. The van der Waals surface area contributed by atoms with Crippen LogP contribution in [0.25, 0.3) is 28.4 Å². The van der Waals surface area contributed by atoms with Crippen molar-refractivity contribution in [2.75, 3.05) is 0 Å². The van der Waals surface area contributed by atoms with Crippen LogP contribution < -0.4 is 0 Å². The van der Waals surface area contributed by atoms with Gasteiger partial charge in [-0.05, 0) is 90.5 Å². The minimum atomic E-state index is 0.779. The highest BCUT2D eigenvalue weighted by Crippen LogP contribution is 2.28. The van der Waals surface area contributed by atoms with Gasteiger partial charge >= 0.3 is 0 Å². The number of allylic oxidation sites excluding steroid dienone is 8. The molecule has 5 aromatic rings. The molecule has 0 atom stereocenters. The maximum atomic E-state index is 4.68. The summed E-state index contributed by atoms with van der Waals surface area (Å²) in [7, 11) is 0. The Morgan fingerprint density at radius 1 is 0.450 bits per heavy atom. The highest BCUT2D eigenvalue weighted by atomic mass is 14.7. The van der Waals surface area contributed by atoms with Gasteiger partial charge in [-0.3, -0.25) is 24.9 Å². The first-order chi connectivity index (χ1) is 19.8. The van der Waals surface area contributed by atoms with E-state index in [0.29, 0.717) is 0 Å². The number of hydrogen-bond acceptors (Lipinski definition) is 5. The van der Waals surface area contributed by atoms with Gasteiger partial charge in [0.15, 0.2) is 0 Å². The summed E-state index contributed by atoms with van der Waals surface area (Å²) in [5.74, 6) is 0. The Labute approximate surface area is 234 Å². The molecule has 0 saturated carbocycles. The Morgan fingerprint density at radius 2 is 0.875 bits per heavy atom. The minimum Gasteiger partial charge on any atom is -0.257 e. The van der Waals surface area contributed by atoms with E-state index in [4.69, 9.17) is 0 Å². The van der Waals surface area contributed by atoms with Crippen molar-refractivity contribution >= 4 is 28.4 Å². The van der Waals surface area contributed by atoms with E-state index in [1.165, 1.54) is 0 Å². The SMILES string of the molecule is C=C(/C=C(/C=C(/C=C(/C=C/c1ccccn1)c1ccccn1)c1ccccn1)c1ccccn1)c1ccccn1. The normalized spacial score (nSPS) is 12.4. The minimum absolute atomic E-state index is 0.779. The van der Waals surface area contributed by atoms with Gasteiger partial charge < -0.3 is 0 Å². The second kappa shape index (κ2) is 13.3. The topological polar surface area (TPSA) is 64.5 Å². The Balaban J connectivity index is 1.68. The van der Waals surface area contributed by atoms with Crippen molar-refractivity contribution in [1.29, 1.82) is 0 Å². The molecule has 40 heavy (non-hydrogen) atoms. The Bertz CT molecular complexity index is 1660. The van der Waals surface area contributed by atoms with E-state index in [-0.39, 0.29) is 0 Å². The summed E-state index contributed by atoms with van der Waals surface area (Å²) < 4.78 is 0. The number of aromatic nitrogens is 5. The average Bonchev–Trinajstić information content (AvgIpc) is 3.04. The molecule has 0 aliphatic heterocycles. The molecule has 0 spiro atoms. The van der Waals surface area contributed by atoms with E-state index in [2.05, 4.69) is 43.7 Å². The molecule has 0 saturated heterocycles. The maximum absolute atomic E-state index is 4.68. The molecule has 5 heteroatoms. The molecule has 0 fully saturated rings. The Kier molecular flexibility index (Phi) is 8.67. The van der Waals surface area contributed by atoms with Crippen molar-refractivity contribution in [2.45, 2.75) is 0 Å². The Morgan fingerprint density at radius 3 is 1.35 bits per heavy atom. The third kappa shape index (κ3) is 7.05. The van der Waals surface area contributed by atoms with Crippen molar-refractivity contribution < 1.29 is 0 Å². The highest BCUT2D eigenvalue weighted by Gasteiger charge is 2.09. The van der Waals surface area contributed by atoms with E-state index in [9.17, 15) is 0 Å². The van der Waals surface area contributed by atoms with Gasteiger partial charge in [-0.1, -0.05) is 43.0 Å². The van der Waals surface area contributed by atoms with Gasteiger partial charge in [-0.2, -0.15) is 0 Å². The van der Waals surface area contributed by atoms with Gasteiger partial charge in [0.2, 0.25) is 0 Å². The summed E-state index contributed by atoms with van der Waals surface area (Å²) in [6, 6.07) is 29.2. The lowest BCUT2D eigenvalue weighted by Gasteiger charge is -2.10. The lowest BCUT2D eigenvalue weighted by Crippen LogP contribution is -1.93. The number of pyridine rings is 5. The van der Waals surface area contributed by atoms with E-state index < -0.39 is 0 Å². The quantitative estimate of drug-likeness (QED) is 0.188. The second-order valence-corrected chi connectivity index (χ2v) is 8.77. The van der Waals surface area contributed by atoms with Crippen LogP contribution in [0.15, 0.2) is 153 Å². The molecule has 0 bridgehead atoms. The van der Waals surface area contributed by atoms with Crippen LogP contribution in [-0.2, 0) is 0 Å². The Hall–Kier alpha value is -5.55. The zero-order chi connectivity index (χ0) is 27.4. The van der Waals surface area contributed by atoms with Crippen molar-refractivity contribution in [1.82, 2.24) is 24.9 Å². The van der Waals surface area contributed by atoms with Crippen LogP contribution in [0.2, 0.25) is 0 Å². The number of nitrogens with zero attached hydrogens (tertiary/aromatic N) is 5. The van der Waals surface area contributed by atoms with Crippen LogP contribution in [0.5, 0.6) is 0 Å². The van der Waals surface area contributed by atoms with Crippen molar-refractivity contribution in [2.24, 2.45) is 0 Å². The maximum Gasteiger partial charge on any atom is 0.0702 e. The summed E-state index contributed by atoms with van der Waals surface area (Å²) in [5.41, 5.74) is 7.56. The fourth-order valence-electron chi connectivity index (χ4n) is 3.99. The van der Waals surface area contributed by atoms with Gasteiger partial charge in [-0.15, -0.1) is 0 Å². The molecule has 0 radical (unpaired) electrons. The van der Waals surface area contributed by atoms with E-state index in [0.717, 1.165) is 50.8 Å². The van der Waals surface area contributed by atoms with Gasteiger partial charge in [-0.25, -0.2) is 0 Å². The van der Waals surface area contributed by atoms with Crippen LogP contribution in [0, 0.1) is 0 Å². The first-order valence-electron chi connectivity index (χ1n) is 12.8. The fourth-order valence-corrected chi connectivity index (χ4v) is 3.99. The van der Waals surface area contributed by atoms with Crippen LogP contribution in [0.3, 0.4) is 0 Å². The smallest absolute Gasteiger partial charge is 0.0702 e. The monoisotopic (exact) mass is 517 g/mol. The molecular weight excluding hydrogens is 490 g/mol. The average molecular weight is 518 g/mol. The lowest BCUT2D eigenvalue weighted by atomic mass is 9.98. The summed E-state index contributed by atoms with van der Waals surface area (Å²) in [6.07, 6.45) is 19.1. The third-order valence-corrected chi connectivity index (χ3v) is 5.95. The molecule has 0 unspecified atom stereocenters. The van der Waals surface area contributed by atoms with Crippen molar-refractivity contribution in [3.05, 3.63) is 181 Å². The molecular formula is C35H27N5. The van der Waals surface area contributed by atoms with Crippen LogP contribution >= 0.6 is 0 Å². The summed E-state index contributed by atoms with van der Waals surface area (Å²) >= 11 is 0. The highest BCUT2D eigenvalue weighted by molar-refractivity contribution is 5.95. The standard InChI is InChI=1S/C35H27N5/c1-27(32-13-3-8-20-37-32)24-29(34-15-5-10-22-39-34)26-30(35-16-6-11-23-40-35)25-28(33-14-4-9-21-38-33)17-18-31-12-2-7-19-36-31/h2-26H,1H2/b18-17+,28-25-,29-24-,30-26-. The first-order valence-corrected chi connectivity index (χ1v) is 12.8. The van der Waals surface area contributed by atoms with Crippen LogP contribution in [0.1, 0.15) is 28.5 Å². The number of rotatable bonds is 9. The molecule has 0 aromatic carbocycles. The van der Waals surface area contributed by atoms with Crippen molar-refractivity contribution in [3.8, 4) is 0 Å². The predicted octanol–water partition coefficient (Wildman–Crippen LogP) is 7.64. The van der Waals surface area contributed by atoms with Crippen LogP contribution in [-0.4, -0.2) is 24.9 Å². The zero-order valence-corrected chi connectivity index (χ0v) is 21.9. The molecule has 5 heterocycles. The van der Waals surface area contributed by atoms with Crippen LogP contribution in [0.4, 0.5) is 0 Å². The summed E-state index contributed by atoms with van der Waals surface area (Å²) in [5, 5.41) is 0.